The highest BCUT2D eigenvalue weighted by molar-refractivity contribution is 7.90. The first-order chi connectivity index (χ1) is 20.5. The van der Waals surface area contributed by atoms with Crippen LogP contribution in [0.4, 0.5) is 29.2 Å². The number of ether oxygens (including phenoxy) is 1. The van der Waals surface area contributed by atoms with E-state index in [9.17, 15) is 30.8 Å². The Bertz CT molecular complexity index is 1510. The number of alkyl halides is 3. The van der Waals surface area contributed by atoms with Crippen LogP contribution >= 0.6 is 0 Å². The first-order valence-electron chi connectivity index (χ1n) is 14.7. The Kier molecular flexibility index (Phi) is 9.53. The Morgan fingerprint density at radius 3 is 2.52 bits per heavy atom. The molecule has 14 heteroatoms. The lowest BCUT2D eigenvalue weighted by molar-refractivity contribution is -0.190. The average molecular weight is 642 g/mol. The van der Waals surface area contributed by atoms with E-state index in [0.717, 1.165) is 25.0 Å². The minimum atomic E-state index is -4.39. The zero-order chi connectivity index (χ0) is 32.5. The topological polar surface area (TPSA) is 104 Å². The summed E-state index contributed by atoms with van der Waals surface area (Å²) in [5.74, 6) is -0.669. The third-order valence-corrected chi connectivity index (χ3v) is 9.89. The van der Waals surface area contributed by atoms with Gasteiger partial charge in [0.15, 0.2) is 5.82 Å². The number of hydrogen-bond acceptors (Lipinski definition) is 8. The van der Waals surface area contributed by atoms with Crippen molar-refractivity contribution in [3.05, 3.63) is 47.8 Å². The first-order valence-corrected chi connectivity index (χ1v) is 16.2. The van der Waals surface area contributed by atoms with Crippen molar-refractivity contribution in [3.8, 4) is 0 Å². The quantitative estimate of drug-likeness (QED) is 0.134. The number of rotatable bonds is 11. The SMILES string of the molecule is CCN(/N=C(\C)OCCC1(C(F)(F)F)CC1)c1ccc(C(=O)NS(=O)(=O)c2cccc(F)c2)c(N2C[C@@H](C)CC2(C)CC)n1. The van der Waals surface area contributed by atoms with E-state index in [1.54, 1.807) is 13.8 Å². The summed E-state index contributed by atoms with van der Waals surface area (Å²) in [4.78, 5) is 19.9. The van der Waals surface area contributed by atoms with Crippen molar-refractivity contribution < 1.29 is 35.5 Å². The molecule has 0 radical (unpaired) electrons. The molecule has 2 atom stereocenters. The number of aromatic nitrogens is 1. The number of sulfonamides is 1. The number of benzene rings is 1. The molecule has 1 aromatic heterocycles. The summed E-state index contributed by atoms with van der Waals surface area (Å²) in [6.07, 6.45) is -2.67. The number of carbonyl (C=O) groups excluding carboxylic acids is 1. The number of carbonyl (C=O) groups is 1. The Morgan fingerprint density at radius 1 is 1.23 bits per heavy atom. The molecule has 2 fully saturated rings. The van der Waals surface area contributed by atoms with Crippen LogP contribution in [0.3, 0.4) is 0 Å². The number of halogens is 4. The third-order valence-electron chi connectivity index (χ3n) is 8.56. The average Bonchev–Trinajstić information content (AvgIpc) is 3.69. The summed E-state index contributed by atoms with van der Waals surface area (Å²) < 4.78 is 87.1. The van der Waals surface area contributed by atoms with Gasteiger partial charge in [-0.1, -0.05) is 19.9 Å². The molecule has 242 valence electrons. The van der Waals surface area contributed by atoms with Crippen molar-refractivity contribution in [3.63, 3.8) is 0 Å². The number of amides is 1. The monoisotopic (exact) mass is 641 g/mol. The van der Waals surface area contributed by atoms with Crippen LogP contribution < -0.4 is 14.6 Å². The minimum Gasteiger partial charge on any atom is -0.480 e. The molecule has 44 heavy (non-hydrogen) atoms. The normalized spacial score (nSPS) is 21.7. The number of nitrogens with zero attached hydrogens (tertiary/aromatic N) is 4. The predicted molar refractivity (Wildman–Crippen MR) is 160 cm³/mol. The van der Waals surface area contributed by atoms with Gasteiger partial charge >= 0.3 is 6.18 Å². The molecule has 1 unspecified atom stereocenters. The molecule has 1 aliphatic carbocycles. The van der Waals surface area contributed by atoms with Crippen LogP contribution in [0.1, 0.15) is 77.1 Å². The second-order valence-corrected chi connectivity index (χ2v) is 13.6. The number of hydrogen-bond donors (Lipinski definition) is 1. The van der Waals surface area contributed by atoms with Crippen molar-refractivity contribution in [2.45, 2.75) is 83.3 Å². The molecule has 1 N–H and O–H groups in total. The molecule has 2 heterocycles. The molecule has 1 saturated carbocycles. The van der Waals surface area contributed by atoms with Crippen LogP contribution in [0, 0.1) is 17.2 Å². The Labute approximate surface area is 255 Å². The van der Waals surface area contributed by atoms with Gasteiger partial charge in [-0.2, -0.15) is 13.2 Å². The van der Waals surface area contributed by atoms with Gasteiger partial charge < -0.3 is 9.64 Å². The van der Waals surface area contributed by atoms with E-state index >= 15 is 0 Å². The number of nitrogens with one attached hydrogen (secondary N) is 1. The molecular formula is C30H39F4N5O4S. The molecule has 1 amide bonds. The molecule has 0 bridgehead atoms. The maximum atomic E-state index is 13.7. The van der Waals surface area contributed by atoms with Crippen LogP contribution in [0.2, 0.25) is 0 Å². The van der Waals surface area contributed by atoms with Crippen LogP contribution in [0.25, 0.3) is 0 Å². The fraction of sp³-hybridized carbons (Fsp3) is 0.567. The fourth-order valence-electron chi connectivity index (χ4n) is 5.67. The van der Waals surface area contributed by atoms with Crippen molar-refractivity contribution in [1.82, 2.24) is 9.71 Å². The van der Waals surface area contributed by atoms with Crippen molar-refractivity contribution >= 4 is 33.5 Å². The highest BCUT2D eigenvalue weighted by atomic mass is 32.2. The van der Waals surface area contributed by atoms with E-state index in [4.69, 9.17) is 9.72 Å². The minimum absolute atomic E-state index is 0.0115. The zero-order valence-electron chi connectivity index (χ0n) is 25.5. The molecule has 0 spiro atoms. The summed E-state index contributed by atoms with van der Waals surface area (Å²) in [6.45, 7) is 10.3. The smallest absolute Gasteiger partial charge is 0.394 e. The van der Waals surface area contributed by atoms with E-state index in [2.05, 4.69) is 18.9 Å². The maximum Gasteiger partial charge on any atom is 0.394 e. The summed E-state index contributed by atoms with van der Waals surface area (Å²) in [7, 11) is -4.39. The van der Waals surface area contributed by atoms with Gasteiger partial charge in [0.2, 0.25) is 5.90 Å². The fourth-order valence-corrected chi connectivity index (χ4v) is 6.67. The number of hydrazone groups is 1. The Hall–Kier alpha value is -3.42. The number of anilines is 2. The van der Waals surface area contributed by atoms with Crippen LogP contribution in [0.5, 0.6) is 0 Å². The van der Waals surface area contributed by atoms with Gasteiger partial charge in [-0.3, -0.25) is 4.79 Å². The van der Waals surface area contributed by atoms with E-state index in [-0.39, 0.29) is 54.6 Å². The van der Waals surface area contributed by atoms with Gasteiger partial charge in [-0.25, -0.2) is 27.5 Å². The standard InChI is InChI=1S/C30H39F4N5O4S/c1-6-28(5)18-20(3)19-38(28)26-24(27(40)37-44(41,42)23-10-8-9-22(31)17-23)11-12-25(35-26)39(7-2)36-21(4)43-16-15-29(13-14-29)30(32,33)34/h8-12,17,20H,6-7,13-16,18-19H2,1-5H3,(H,37,40)/b36-21+/t20-,28?/m0/s1. The second-order valence-electron chi connectivity index (χ2n) is 11.9. The second kappa shape index (κ2) is 12.5. The van der Waals surface area contributed by atoms with Crippen LogP contribution in [-0.2, 0) is 14.8 Å². The molecule has 2 aromatic rings. The van der Waals surface area contributed by atoms with Gasteiger partial charge in [-0.05, 0) is 82.2 Å². The van der Waals surface area contributed by atoms with E-state index in [1.165, 1.54) is 29.3 Å². The summed E-state index contributed by atoms with van der Waals surface area (Å²) in [5, 5.41) is 5.93. The molecule has 9 nitrogen and oxygen atoms in total. The first kappa shape index (κ1) is 33.5. The van der Waals surface area contributed by atoms with E-state index in [0.29, 0.717) is 18.9 Å². The molecule has 1 saturated heterocycles. The molecule has 2 aliphatic rings. The number of pyridine rings is 1. The Balaban J connectivity index is 1.63. The molecule has 1 aliphatic heterocycles. The van der Waals surface area contributed by atoms with Crippen LogP contribution in [0.15, 0.2) is 46.4 Å². The molecular weight excluding hydrogens is 602 g/mol. The van der Waals surface area contributed by atoms with E-state index in [1.807, 2.05) is 16.5 Å². The molecule has 1 aromatic carbocycles. The lowest BCUT2D eigenvalue weighted by atomic mass is 9.92. The highest BCUT2D eigenvalue weighted by Gasteiger charge is 2.62. The molecule has 4 rings (SSSR count). The van der Waals surface area contributed by atoms with Gasteiger partial charge in [-0.15, -0.1) is 5.10 Å². The summed E-state index contributed by atoms with van der Waals surface area (Å²) in [5.41, 5.74) is -2.04. The third kappa shape index (κ3) is 7.10. The Morgan fingerprint density at radius 2 is 1.93 bits per heavy atom. The highest BCUT2D eigenvalue weighted by Crippen LogP contribution is 2.59. The van der Waals surface area contributed by atoms with Gasteiger partial charge in [0.25, 0.3) is 15.9 Å². The lowest BCUT2D eigenvalue weighted by Crippen LogP contribution is -2.43. The van der Waals surface area contributed by atoms with Crippen molar-refractivity contribution in [1.29, 1.82) is 0 Å². The van der Waals surface area contributed by atoms with E-state index < -0.39 is 38.2 Å². The van der Waals surface area contributed by atoms with Gasteiger partial charge in [0, 0.05) is 25.6 Å². The zero-order valence-corrected chi connectivity index (χ0v) is 26.4. The van der Waals surface area contributed by atoms with Gasteiger partial charge in [0.05, 0.1) is 22.5 Å². The van der Waals surface area contributed by atoms with Crippen LogP contribution in [-0.4, -0.2) is 56.6 Å². The summed E-state index contributed by atoms with van der Waals surface area (Å²) >= 11 is 0. The maximum absolute atomic E-state index is 13.7. The van der Waals surface area contributed by atoms with Crippen molar-refractivity contribution in [2.24, 2.45) is 16.4 Å². The van der Waals surface area contributed by atoms with Crippen molar-refractivity contribution in [2.75, 3.05) is 29.6 Å². The van der Waals surface area contributed by atoms with Gasteiger partial charge in [0.1, 0.15) is 11.6 Å². The predicted octanol–water partition coefficient (Wildman–Crippen LogP) is 6.26. The summed E-state index contributed by atoms with van der Waals surface area (Å²) in [6, 6.07) is 7.32. The largest absolute Gasteiger partial charge is 0.480 e. The lowest BCUT2D eigenvalue weighted by Gasteiger charge is -2.36.